The van der Waals surface area contributed by atoms with Crippen LogP contribution in [0.3, 0.4) is 0 Å². The molecule has 0 atom stereocenters. The third kappa shape index (κ3) is 2.82. The highest BCUT2D eigenvalue weighted by atomic mass is 14.9. The molecule has 0 spiro atoms. The molecule has 1 aromatic rings. The lowest BCUT2D eigenvalue weighted by atomic mass is 9.89. The highest BCUT2D eigenvalue weighted by molar-refractivity contribution is 5.23. The molecular weight excluding hydrogens is 196 g/mol. The summed E-state index contributed by atoms with van der Waals surface area (Å²) in [4.78, 5) is 4.57. The van der Waals surface area contributed by atoms with Crippen molar-refractivity contribution in [2.45, 2.75) is 39.0 Å². The molecule has 0 radical (unpaired) electrons. The number of rotatable bonds is 3. The van der Waals surface area contributed by atoms with E-state index in [1.54, 1.807) is 0 Å². The van der Waals surface area contributed by atoms with Gasteiger partial charge in [-0.05, 0) is 55.8 Å². The van der Waals surface area contributed by atoms with E-state index in [1.807, 2.05) is 6.20 Å². The molecule has 1 saturated heterocycles. The molecule has 0 saturated carbocycles. The number of hydrogen-bond acceptors (Lipinski definition) is 2. The molecule has 1 N–H and O–H groups in total. The van der Waals surface area contributed by atoms with Gasteiger partial charge in [0.25, 0.3) is 0 Å². The molecule has 1 aliphatic rings. The summed E-state index contributed by atoms with van der Waals surface area (Å²) in [5.74, 6) is 1.42. The predicted molar refractivity (Wildman–Crippen MR) is 67.6 cm³/mol. The fourth-order valence-corrected chi connectivity index (χ4v) is 2.51. The highest BCUT2D eigenvalue weighted by Crippen LogP contribution is 2.23. The van der Waals surface area contributed by atoms with Gasteiger partial charge in [0, 0.05) is 11.9 Å². The Morgan fingerprint density at radius 1 is 1.38 bits per heavy atom. The van der Waals surface area contributed by atoms with Crippen LogP contribution in [0.25, 0.3) is 0 Å². The maximum Gasteiger partial charge on any atom is 0.0440 e. The van der Waals surface area contributed by atoms with Crippen LogP contribution in [0.4, 0.5) is 0 Å². The van der Waals surface area contributed by atoms with Crippen LogP contribution in [0.5, 0.6) is 0 Å². The zero-order valence-electron chi connectivity index (χ0n) is 10.4. The first-order valence-corrected chi connectivity index (χ1v) is 6.42. The second-order valence-electron chi connectivity index (χ2n) is 5.09. The van der Waals surface area contributed by atoms with Crippen LogP contribution < -0.4 is 5.32 Å². The summed E-state index contributed by atoms with van der Waals surface area (Å²) < 4.78 is 0. The van der Waals surface area contributed by atoms with Crippen LogP contribution >= 0.6 is 0 Å². The van der Waals surface area contributed by atoms with E-state index in [1.165, 1.54) is 37.2 Å². The molecule has 16 heavy (non-hydrogen) atoms. The van der Waals surface area contributed by atoms with Crippen LogP contribution in [0.2, 0.25) is 0 Å². The summed E-state index contributed by atoms with van der Waals surface area (Å²) in [6.07, 6.45) is 5.69. The van der Waals surface area contributed by atoms with E-state index < -0.39 is 0 Å². The Morgan fingerprint density at radius 2 is 2.12 bits per heavy atom. The second-order valence-corrected chi connectivity index (χ2v) is 5.09. The van der Waals surface area contributed by atoms with Crippen LogP contribution in [0.15, 0.2) is 18.3 Å². The first-order valence-electron chi connectivity index (χ1n) is 6.42. The zero-order chi connectivity index (χ0) is 11.4. The fourth-order valence-electron chi connectivity index (χ4n) is 2.51. The monoisotopic (exact) mass is 218 g/mol. The van der Waals surface area contributed by atoms with Crippen LogP contribution in [-0.2, 0) is 6.42 Å². The molecule has 0 unspecified atom stereocenters. The van der Waals surface area contributed by atoms with Crippen LogP contribution in [0.1, 0.15) is 43.9 Å². The molecule has 0 aliphatic carbocycles. The standard InChI is InChI=1S/C14H22N2/c1-11(2)13-4-3-7-16-14(13)10-12-5-8-15-9-6-12/h3-4,7,11-12,15H,5-6,8-10H2,1-2H3. The largest absolute Gasteiger partial charge is 0.317 e. The van der Waals surface area contributed by atoms with E-state index in [-0.39, 0.29) is 0 Å². The van der Waals surface area contributed by atoms with Crippen LogP contribution in [0, 0.1) is 5.92 Å². The van der Waals surface area contributed by atoms with E-state index in [0.717, 1.165) is 12.3 Å². The summed E-state index contributed by atoms with van der Waals surface area (Å²) in [6, 6.07) is 4.29. The second kappa shape index (κ2) is 5.44. The number of hydrogen-bond donors (Lipinski definition) is 1. The topological polar surface area (TPSA) is 24.9 Å². The maximum absolute atomic E-state index is 4.57. The summed E-state index contributed by atoms with van der Waals surface area (Å²) >= 11 is 0. The molecule has 88 valence electrons. The average Bonchev–Trinajstić information content (AvgIpc) is 2.31. The van der Waals surface area contributed by atoms with Gasteiger partial charge in [-0.15, -0.1) is 0 Å². The van der Waals surface area contributed by atoms with E-state index in [0.29, 0.717) is 5.92 Å². The minimum atomic E-state index is 0.588. The summed E-state index contributed by atoms with van der Waals surface area (Å²) in [6.45, 7) is 6.86. The van der Waals surface area contributed by atoms with Gasteiger partial charge < -0.3 is 5.32 Å². The molecule has 2 nitrogen and oxygen atoms in total. The number of aromatic nitrogens is 1. The average molecular weight is 218 g/mol. The van der Waals surface area contributed by atoms with E-state index in [9.17, 15) is 0 Å². The van der Waals surface area contributed by atoms with Gasteiger partial charge in [-0.1, -0.05) is 19.9 Å². The molecule has 1 aliphatic heterocycles. The van der Waals surface area contributed by atoms with Crippen molar-refractivity contribution in [1.82, 2.24) is 10.3 Å². The first kappa shape index (κ1) is 11.6. The van der Waals surface area contributed by atoms with Gasteiger partial charge in [0.1, 0.15) is 0 Å². The number of nitrogens with one attached hydrogen (secondary N) is 1. The summed E-state index contributed by atoms with van der Waals surface area (Å²) in [5, 5.41) is 3.42. The Hall–Kier alpha value is -0.890. The van der Waals surface area contributed by atoms with E-state index in [2.05, 4.69) is 36.3 Å². The number of piperidine rings is 1. The zero-order valence-corrected chi connectivity index (χ0v) is 10.4. The molecule has 0 bridgehead atoms. The van der Waals surface area contributed by atoms with Crippen molar-refractivity contribution in [1.29, 1.82) is 0 Å². The lowest BCUT2D eigenvalue weighted by Crippen LogP contribution is -2.29. The van der Waals surface area contributed by atoms with Gasteiger partial charge >= 0.3 is 0 Å². The third-order valence-electron chi connectivity index (χ3n) is 3.49. The number of pyridine rings is 1. The van der Waals surface area contributed by atoms with Crippen molar-refractivity contribution in [2.75, 3.05) is 13.1 Å². The Bertz CT molecular complexity index is 327. The summed E-state index contributed by atoms with van der Waals surface area (Å²) in [5.41, 5.74) is 2.76. The molecule has 2 heterocycles. The van der Waals surface area contributed by atoms with Crippen molar-refractivity contribution in [3.8, 4) is 0 Å². The molecular formula is C14H22N2. The minimum absolute atomic E-state index is 0.588. The van der Waals surface area contributed by atoms with Crippen molar-refractivity contribution in [3.05, 3.63) is 29.6 Å². The first-order chi connectivity index (χ1) is 7.77. The molecule has 0 aromatic carbocycles. The normalized spacial score (nSPS) is 17.9. The van der Waals surface area contributed by atoms with E-state index >= 15 is 0 Å². The molecule has 2 rings (SSSR count). The van der Waals surface area contributed by atoms with Gasteiger partial charge in [0.2, 0.25) is 0 Å². The van der Waals surface area contributed by atoms with Crippen molar-refractivity contribution in [2.24, 2.45) is 5.92 Å². The predicted octanol–water partition coefficient (Wildman–Crippen LogP) is 2.75. The lowest BCUT2D eigenvalue weighted by Gasteiger charge is -2.23. The molecule has 2 heteroatoms. The van der Waals surface area contributed by atoms with Crippen molar-refractivity contribution in [3.63, 3.8) is 0 Å². The quantitative estimate of drug-likeness (QED) is 0.844. The Morgan fingerprint density at radius 3 is 2.81 bits per heavy atom. The van der Waals surface area contributed by atoms with Gasteiger partial charge in [0.15, 0.2) is 0 Å². The Balaban J connectivity index is 2.07. The molecule has 1 aromatic heterocycles. The molecule has 1 fully saturated rings. The third-order valence-corrected chi connectivity index (χ3v) is 3.49. The fraction of sp³-hybridized carbons (Fsp3) is 0.643. The van der Waals surface area contributed by atoms with E-state index in [4.69, 9.17) is 0 Å². The van der Waals surface area contributed by atoms with Crippen molar-refractivity contribution >= 4 is 0 Å². The van der Waals surface area contributed by atoms with Gasteiger partial charge in [-0.3, -0.25) is 4.98 Å². The van der Waals surface area contributed by atoms with Crippen molar-refractivity contribution < 1.29 is 0 Å². The van der Waals surface area contributed by atoms with Gasteiger partial charge in [0.05, 0.1) is 0 Å². The SMILES string of the molecule is CC(C)c1cccnc1CC1CCNCC1. The highest BCUT2D eigenvalue weighted by Gasteiger charge is 2.16. The Kier molecular flexibility index (Phi) is 3.94. The minimum Gasteiger partial charge on any atom is -0.317 e. The van der Waals surface area contributed by atoms with Crippen LogP contribution in [-0.4, -0.2) is 18.1 Å². The molecule has 0 amide bonds. The van der Waals surface area contributed by atoms with Gasteiger partial charge in [-0.2, -0.15) is 0 Å². The van der Waals surface area contributed by atoms with Gasteiger partial charge in [-0.25, -0.2) is 0 Å². The lowest BCUT2D eigenvalue weighted by molar-refractivity contribution is 0.369. The number of nitrogens with zero attached hydrogens (tertiary/aromatic N) is 1. The Labute approximate surface area is 98.5 Å². The smallest absolute Gasteiger partial charge is 0.0440 e. The summed E-state index contributed by atoms with van der Waals surface area (Å²) in [7, 11) is 0. The maximum atomic E-state index is 4.57.